The zero-order chi connectivity index (χ0) is 19.2. The first-order valence-corrected chi connectivity index (χ1v) is 9.19. The lowest BCUT2D eigenvalue weighted by Gasteiger charge is -2.08. The molecule has 0 aliphatic heterocycles. The number of benzene rings is 2. The van der Waals surface area contributed by atoms with E-state index in [2.05, 4.69) is 10.1 Å². The van der Waals surface area contributed by atoms with Crippen molar-refractivity contribution < 1.29 is 27.5 Å². The molecule has 2 aromatic carbocycles. The highest BCUT2D eigenvalue weighted by atomic mass is 32.2. The Morgan fingerprint density at radius 1 is 0.962 bits per heavy atom. The van der Waals surface area contributed by atoms with Crippen LogP contribution in [0.2, 0.25) is 0 Å². The number of aryl methyl sites for hydroxylation is 1. The van der Waals surface area contributed by atoms with Crippen molar-refractivity contribution in [1.29, 1.82) is 0 Å². The van der Waals surface area contributed by atoms with Crippen LogP contribution in [0.1, 0.15) is 11.1 Å². The summed E-state index contributed by atoms with van der Waals surface area (Å²) >= 11 is 0. The standard InChI is InChI=1S/C18H19NO6S/c1-13-3-7-15(8-4-13)26(22,23)16-9-5-14(6-10-16)12-25-17(20)11-19-18(21)24-2/h3-10H,11-12H2,1-2H3,(H,19,21). The molecular weight excluding hydrogens is 358 g/mol. The molecule has 0 aliphatic carbocycles. The average molecular weight is 377 g/mol. The number of methoxy groups -OCH3 is 1. The highest BCUT2D eigenvalue weighted by Crippen LogP contribution is 2.21. The van der Waals surface area contributed by atoms with Gasteiger partial charge in [0.25, 0.3) is 0 Å². The number of alkyl carbamates (subject to hydrolysis) is 1. The van der Waals surface area contributed by atoms with Crippen LogP contribution < -0.4 is 5.32 Å². The molecule has 2 aromatic rings. The molecule has 0 spiro atoms. The van der Waals surface area contributed by atoms with E-state index in [9.17, 15) is 18.0 Å². The van der Waals surface area contributed by atoms with Crippen molar-refractivity contribution in [3.05, 3.63) is 59.7 Å². The third kappa shape index (κ3) is 5.06. The average Bonchev–Trinajstić information content (AvgIpc) is 2.65. The van der Waals surface area contributed by atoms with Gasteiger partial charge in [0.15, 0.2) is 0 Å². The summed E-state index contributed by atoms with van der Waals surface area (Å²) < 4.78 is 34.4. The Bertz CT molecular complexity index is 873. The number of carbonyl (C=O) groups is 2. The maximum absolute atomic E-state index is 12.6. The quantitative estimate of drug-likeness (QED) is 0.775. The summed E-state index contributed by atoms with van der Waals surface area (Å²) in [5, 5.41) is 2.20. The van der Waals surface area contributed by atoms with E-state index >= 15 is 0 Å². The molecule has 8 heteroatoms. The molecule has 2 rings (SSSR count). The Balaban J connectivity index is 1.98. The summed E-state index contributed by atoms with van der Waals surface area (Å²) in [6.07, 6.45) is -0.729. The van der Waals surface area contributed by atoms with Gasteiger partial charge in [-0.1, -0.05) is 29.8 Å². The van der Waals surface area contributed by atoms with Crippen LogP contribution >= 0.6 is 0 Å². The Labute approximate surface area is 151 Å². The molecular formula is C18H19NO6S. The molecule has 0 unspecified atom stereocenters. The number of hydrogen-bond donors (Lipinski definition) is 1. The van der Waals surface area contributed by atoms with Crippen LogP contribution in [-0.2, 0) is 30.7 Å². The van der Waals surface area contributed by atoms with E-state index in [1.165, 1.54) is 19.2 Å². The van der Waals surface area contributed by atoms with Crippen molar-refractivity contribution >= 4 is 21.9 Å². The molecule has 0 saturated heterocycles. The smallest absolute Gasteiger partial charge is 0.407 e. The van der Waals surface area contributed by atoms with Gasteiger partial charge in [-0.2, -0.15) is 0 Å². The fourth-order valence-corrected chi connectivity index (χ4v) is 3.31. The molecule has 7 nitrogen and oxygen atoms in total. The maximum atomic E-state index is 12.6. The Morgan fingerprint density at radius 3 is 2.04 bits per heavy atom. The van der Waals surface area contributed by atoms with E-state index in [0.717, 1.165) is 5.56 Å². The van der Waals surface area contributed by atoms with Crippen LogP contribution in [0.4, 0.5) is 4.79 Å². The number of carbonyl (C=O) groups excluding carboxylic acids is 2. The van der Waals surface area contributed by atoms with Crippen LogP contribution in [0.3, 0.4) is 0 Å². The van der Waals surface area contributed by atoms with Gasteiger partial charge >= 0.3 is 12.1 Å². The molecule has 1 amide bonds. The van der Waals surface area contributed by atoms with Gasteiger partial charge in [0.2, 0.25) is 9.84 Å². The van der Waals surface area contributed by atoms with Gasteiger partial charge in [0.1, 0.15) is 13.2 Å². The number of rotatable bonds is 6. The minimum absolute atomic E-state index is 0.0352. The summed E-state index contributed by atoms with van der Waals surface area (Å²) in [6, 6.07) is 12.7. The van der Waals surface area contributed by atoms with Crippen molar-refractivity contribution in [3.63, 3.8) is 0 Å². The lowest BCUT2D eigenvalue weighted by atomic mass is 10.2. The molecule has 0 heterocycles. The largest absolute Gasteiger partial charge is 0.460 e. The van der Waals surface area contributed by atoms with Crippen molar-refractivity contribution in [2.75, 3.05) is 13.7 Å². The predicted molar refractivity (Wildman–Crippen MR) is 93.3 cm³/mol. The second-order valence-electron chi connectivity index (χ2n) is 5.47. The van der Waals surface area contributed by atoms with Crippen molar-refractivity contribution in [2.24, 2.45) is 0 Å². The van der Waals surface area contributed by atoms with Crippen LogP contribution in [0.15, 0.2) is 58.3 Å². The van der Waals surface area contributed by atoms with Crippen LogP contribution in [-0.4, -0.2) is 34.1 Å². The third-order valence-electron chi connectivity index (χ3n) is 3.53. The molecule has 0 bridgehead atoms. The maximum Gasteiger partial charge on any atom is 0.407 e. The van der Waals surface area contributed by atoms with E-state index in [0.29, 0.717) is 5.56 Å². The first-order chi connectivity index (χ1) is 12.3. The van der Waals surface area contributed by atoms with Gasteiger partial charge in [0, 0.05) is 0 Å². The van der Waals surface area contributed by atoms with E-state index in [4.69, 9.17) is 4.74 Å². The van der Waals surface area contributed by atoms with Crippen molar-refractivity contribution in [3.8, 4) is 0 Å². The fourth-order valence-electron chi connectivity index (χ4n) is 2.05. The topological polar surface area (TPSA) is 98.8 Å². The van der Waals surface area contributed by atoms with Crippen molar-refractivity contribution in [1.82, 2.24) is 5.32 Å². The van der Waals surface area contributed by atoms with Gasteiger partial charge < -0.3 is 14.8 Å². The summed E-state index contributed by atoms with van der Waals surface area (Å²) in [4.78, 5) is 22.7. The SMILES string of the molecule is COC(=O)NCC(=O)OCc1ccc(S(=O)(=O)c2ccc(C)cc2)cc1. The van der Waals surface area contributed by atoms with Gasteiger partial charge in [-0.3, -0.25) is 4.79 Å². The van der Waals surface area contributed by atoms with Crippen LogP contribution in [0, 0.1) is 6.92 Å². The minimum atomic E-state index is -3.59. The first-order valence-electron chi connectivity index (χ1n) is 7.71. The zero-order valence-corrected chi connectivity index (χ0v) is 15.2. The fraction of sp³-hybridized carbons (Fsp3) is 0.222. The van der Waals surface area contributed by atoms with E-state index in [1.54, 1.807) is 36.4 Å². The molecule has 1 N–H and O–H groups in total. The molecule has 0 aromatic heterocycles. The minimum Gasteiger partial charge on any atom is -0.460 e. The molecule has 138 valence electrons. The summed E-state index contributed by atoms with van der Waals surface area (Å²) in [7, 11) is -2.41. The number of nitrogens with one attached hydrogen (secondary N) is 1. The van der Waals surface area contributed by atoms with Crippen LogP contribution in [0.25, 0.3) is 0 Å². The summed E-state index contributed by atoms with van der Waals surface area (Å²) in [6.45, 7) is 1.53. The number of esters is 1. The second-order valence-corrected chi connectivity index (χ2v) is 7.42. The third-order valence-corrected chi connectivity index (χ3v) is 5.31. The number of hydrogen-bond acceptors (Lipinski definition) is 6. The molecule has 0 atom stereocenters. The second kappa shape index (κ2) is 8.48. The molecule has 26 heavy (non-hydrogen) atoms. The lowest BCUT2D eigenvalue weighted by Crippen LogP contribution is -2.30. The highest BCUT2D eigenvalue weighted by molar-refractivity contribution is 7.91. The van der Waals surface area contributed by atoms with E-state index < -0.39 is 21.9 Å². The number of ether oxygens (including phenoxy) is 2. The Hall–Kier alpha value is -2.87. The van der Waals surface area contributed by atoms with Gasteiger partial charge in [-0.25, -0.2) is 13.2 Å². The molecule has 0 radical (unpaired) electrons. The normalized spacial score (nSPS) is 10.8. The lowest BCUT2D eigenvalue weighted by molar-refractivity contribution is -0.143. The number of amides is 1. The summed E-state index contributed by atoms with van der Waals surface area (Å²) in [5.74, 6) is -0.633. The van der Waals surface area contributed by atoms with Crippen LogP contribution in [0.5, 0.6) is 0 Å². The monoisotopic (exact) mass is 377 g/mol. The van der Waals surface area contributed by atoms with Gasteiger partial charge in [-0.15, -0.1) is 0 Å². The van der Waals surface area contributed by atoms with E-state index in [1.807, 2.05) is 6.92 Å². The molecule has 0 aliphatic rings. The van der Waals surface area contributed by atoms with Gasteiger partial charge in [-0.05, 0) is 36.8 Å². The summed E-state index contributed by atoms with van der Waals surface area (Å²) in [5.41, 5.74) is 1.60. The molecule has 0 saturated carbocycles. The van der Waals surface area contributed by atoms with Crippen molar-refractivity contribution in [2.45, 2.75) is 23.3 Å². The van der Waals surface area contributed by atoms with E-state index in [-0.39, 0.29) is 22.9 Å². The zero-order valence-electron chi connectivity index (χ0n) is 14.4. The van der Waals surface area contributed by atoms with Gasteiger partial charge in [0.05, 0.1) is 16.9 Å². The Morgan fingerprint density at radius 2 is 1.50 bits per heavy atom. The Kier molecular flexibility index (Phi) is 6.35. The highest BCUT2D eigenvalue weighted by Gasteiger charge is 2.17. The molecule has 0 fully saturated rings. The first kappa shape index (κ1) is 19.5. The number of sulfone groups is 1. The predicted octanol–water partition coefficient (Wildman–Crippen LogP) is 2.23.